The molecule has 0 aliphatic carbocycles. The van der Waals surface area contributed by atoms with Crippen LogP contribution in [0.5, 0.6) is 0 Å². The van der Waals surface area contributed by atoms with E-state index in [4.69, 9.17) is 0 Å². The van der Waals surface area contributed by atoms with Crippen LogP contribution in [0, 0.1) is 11.8 Å². The second kappa shape index (κ2) is 11.8. The van der Waals surface area contributed by atoms with Crippen molar-refractivity contribution in [1.29, 1.82) is 0 Å². The summed E-state index contributed by atoms with van der Waals surface area (Å²) < 4.78 is 0.752. The first-order valence-corrected chi connectivity index (χ1v) is 17.6. The van der Waals surface area contributed by atoms with Crippen molar-refractivity contribution in [3.8, 4) is 0 Å². The number of nitrogens with zero attached hydrogens (tertiary/aromatic N) is 2. The van der Waals surface area contributed by atoms with Gasteiger partial charge in [0.2, 0.25) is 0 Å². The summed E-state index contributed by atoms with van der Waals surface area (Å²) in [4.78, 5) is 58.7. The summed E-state index contributed by atoms with van der Waals surface area (Å²) in [7, 11) is 0. The molecule has 0 spiro atoms. The second-order valence-corrected chi connectivity index (χ2v) is 14.2. The lowest BCUT2D eigenvalue weighted by molar-refractivity contribution is 0.0567. The van der Waals surface area contributed by atoms with E-state index in [1.54, 1.807) is 0 Å². The molecule has 2 aliphatic heterocycles. The van der Waals surface area contributed by atoms with Crippen LogP contribution in [0.15, 0.2) is 46.9 Å². The van der Waals surface area contributed by atoms with Crippen LogP contribution in [0.4, 0.5) is 0 Å². The largest absolute Gasteiger partial charge is 0.274 e. The molecule has 7 rings (SSSR count). The fraction of sp³-hybridized carbons (Fsp3) is 0.385. The predicted octanol–water partition coefficient (Wildman–Crippen LogP) is 9.73. The van der Waals surface area contributed by atoms with Crippen molar-refractivity contribution in [2.24, 2.45) is 11.8 Å². The van der Waals surface area contributed by atoms with Crippen molar-refractivity contribution in [1.82, 2.24) is 9.80 Å². The Morgan fingerprint density at radius 1 is 0.565 bits per heavy atom. The molecule has 0 saturated heterocycles. The third-order valence-corrected chi connectivity index (χ3v) is 10.9. The maximum absolute atomic E-state index is 14.1. The van der Waals surface area contributed by atoms with Gasteiger partial charge in [-0.1, -0.05) is 87.5 Å². The molecule has 2 aliphatic rings. The Labute approximate surface area is 277 Å². The average molecular weight is 680 g/mol. The summed E-state index contributed by atoms with van der Waals surface area (Å²) in [5, 5.41) is 6.65. The molecule has 0 aromatic heterocycles. The molecule has 0 radical (unpaired) electrons. The summed E-state index contributed by atoms with van der Waals surface area (Å²) in [5.41, 5.74) is 2.15. The minimum absolute atomic E-state index is 0.213. The molecule has 2 atom stereocenters. The summed E-state index contributed by atoms with van der Waals surface area (Å²) in [6.45, 7) is 9.33. The molecular weight excluding hydrogens is 640 g/mol. The van der Waals surface area contributed by atoms with Crippen LogP contribution in [0.1, 0.15) is 114 Å². The molecule has 2 unspecified atom stereocenters. The Morgan fingerprint density at radius 3 is 1.67 bits per heavy atom. The fourth-order valence-corrected chi connectivity index (χ4v) is 8.77. The topological polar surface area (TPSA) is 74.8 Å². The Kier molecular flexibility index (Phi) is 7.87. The number of hydrogen-bond acceptors (Lipinski definition) is 4. The standard InChI is InChI=1S/C39H39BrN2O4/c1-5-8-11-22(10-7-3)20-42-38(45)28-16-13-24-23-12-15-26-32-27(37(44)41(36(26)43)19-21(4)9-6-2)17-14-25(31(23)32)34-30(40)18-29(39(42)46)33(28)35(24)34/h12-18,21-22H,5-11,19-20H2,1-4H3. The Morgan fingerprint density at radius 2 is 1.09 bits per heavy atom. The van der Waals surface area contributed by atoms with Gasteiger partial charge in [0.15, 0.2) is 0 Å². The summed E-state index contributed by atoms with van der Waals surface area (Å²) in [5.74, 6) is -0.501. The molecule has 236 valence electrons. The van der Waals surface area contributed by atoms with Gasteiger partial charge in [-0.3, -0.25) is 29.0 Å². The normalized spacial score (nSPS) is 16.2. The van der Waals surface area contributed by atoms with E-state index in [1.165, 1.54) is 9.80 Å². The summed E-state index contributed by atoms with van der Waals surface area (Å²) >= 11 is 3.82. The molecule has 6 nitrogen and oxygen atoms in total. The smallest absolute Gasteiger partial charge is 0.261 e. The SMILES string of the molecule is CCCCC(CCC)CN1C(=O)c2ccc3c4ccc5c6c(ccc(c7c(Br)cc(c2c37)C1=O)c64)C(=O)N(CC(C)CCC)C5=O. The number of amides is 4. The van der Waals surface area contributed by atoms with Gasteiger partial charge in [0.25, 0.3) is 23.6 Å². The highest BCUT2D eigenvalue weighted by atomic mass is 79.9. The third kappa shape index (κ3) is 4.49. The lowest BCUT2D eigenvalue weighted by atomic mass is 9.82. The molecule has 0 saturated carbocycles. The van der Waals surface area contributed by atoms with Crippen molar-refractivity contribution in [3.63, 3.8) is 0 Å². The van der Waals surface area contributed by atoms with E-state index in [0.29, 0.717) is 46.1 Å². The van der Waals surface area contributed by atoms with E-state index in [-0.39, 0.29) is 35.5 Å². The number of benzene rings is 5. The first-order chi connectivity index (χ1) is 22.2. The van der Waals surface area contributed by atoms with Gasteiger partial charge in [-0.25, -0.2) is 0 Å². The minimum atomic E-state index is -0.254. The minimum Gasteiger partial charge on any atom is -0.274 e. The highest BCUT2D eigenvalue weighted by molar-refractivity contribution is 9.10. The second-order valence-electron chi connectivity index (χ2n) is 13.4. The van der Waals surface area contributed by atoms with Crippen LogP contribution in [0.25, 0.3) is 43.1 Å². The number of fused-ring (bicyclic) bond motifs is 2. The monoisotopic (exact) mass is 678 g/mol. The van der Waals surface area contributed by atoms with Crippen LogP contribution in [0.3, 0.4) is 0 Å². The van der Waals surface area contributed by atoms with E-state index in [0.717, 1.165) is 81.7 Å². The molecule has 46 heavy (non-hydrogen) atoms. The Hall–Kier alpha value is -3.84. The zero-order valence-electron chi connectivity index (χ0n) is 27.0. The zero-order valence-corrected chi connectivity index (χ0v) is 28.6. The van der Waals surface area contributed by atoms with Gasteiger partial charge >= 0.3 is 0 Å². The quantitative estimate of drug-likeness (QED) is 0.0792. The lowest BCUT2D eigenvalue weighted by Gasteiger charge is -2.32. The predicted molar refractivity (Wildman–Crippen MR) is 188 cm³/mol. The van der Waals surface area contributed by atoms with Crippen molar-refractivity contribution >= 4 is 82.6 Å². The molecule has 2 heterocycles. The van der Waals surface area contributed by atoms with Crippen LogP contribution in [0.2, 0.25) is 0 Å². The third-order valence-electron chi connectivity index (χ3n) is 10.2. The van der Waals surface area contributed by atoms with E-state index < -0.39 is 0 Å². The molecular formula is C39H39BrN2O4. The van der Waals surface area contributed by atoms with Gasteiger partial charge in [-0.05, 0) is 76.9 Å². The number of imide groups is 2. The van der Waals surface area contributed by atoms with Crippen LogP contribution in [-0.4, -0.2) is 46.5 Å². The Bertz CT molecular complexity index is 2080. The molecule has 5 aromatic rings. The van der Waals surface area contributed by atoms with E-state index in [2.05, 4.69) is 43.6 Å². The van der Waals surface area contributed by atoms with Crippen LogP contribution < -0.4 is 0 Å². The number of halogens is 1. The molecule has 0 fully saturated rings. The van der Waals surface area contributed by atoms with E-state index in [9.17, 15) is 19.2 Å². The fourth-order valence-electron chi connectivity index (χ4n) is 8.13. The molecule has 5 aromatic carbocycles. The molecule has 4 amide bonds. The molecule has 0 bridgehead atoms. The number of hydrogen-bond donors (Lipinski definition) is 0. The number of rotatable bonds is 11. The highest BCUT2D eigenvalue weighted by Gasteiger charge is 2.38. The molecule has 7 heteroatoms. The number of carbonyl (C=O) groups excluding carboxylic acids is 4. The first kappa shape index (κ1) is 30.8. The van der Waals surface area contributed by atoms with Gasteiger partial charge in [0.05, 0.1) is 0 Å². The average Bonchev–Trinajstić information content (AvgIpc) is 3.05. The highest BCUT2D eigenvalue weighted by Crippen LogP contribution is 2.48. The van der Waals surface area contributed by atoms with Crippen molar-refractivity contribution < 1.29 is 19.2 Å². The van der Waals surface area contributed by atoms with Gasteiger partial charge in [0, 0.05) is 61.4 Å². The van der Waals surface area contributed by atoms with Crippen molar-refractivity contribution in [2.75, 3.05) is 13.1 Å². The molecule has 0 N–H and O–H groups in total. The van der Waals surface area contributed by atoms with Crippen LogP contribution >= 0.6 is 15.9 Å². The number of unbranched alkanes of at least 4 members (excludes halogenated alkanes) is 1. The van der Waals surface area contributed by atoms with Gasteiger partial charge in [-0.15, -0.1) is 0 Å². The van der Waals surface area contributed by atoms with Crippen molar-refractivity contribution in [3.05, 3.63) is 69.2 Å². The lowest BCUT2D eigenvalue weighted by Crippen LogP contribution is -2.43. The maximum Gasteiger partial charge on any atom is 0.261 e. The maximum atomic E-state index is 14.1. The van der Waals surface area contributed by atoms with Crippen molar-refractivity contribution in [2.45, 2.75) is 72.6 Å². The first-order valence-electron chi connectivity index (χ1n) is 16.8. The van der Waals surface area contributed by atoms with Gasteiger partial charge < -0.3 is 0 Å². The van der Waals surface area contributed by atoms with E-state index >= 15 is 0 Å². The Balaban J connectivity index is 1.43. The van der Waals surface area contributed by atoms with Gasteiger partial charge in [-0.2, -0.15) is 0 Å². The summed E-state index contributed by atoms with van der Waals surface area (Å²) in [6.07, 6.45) is 7.08. The zero-order chi connectivity index (χ0) is 32.4. The van der Waals surface area contributed by atoms with E-state index in [1.807, 2.05) is 42.5 Å². The van der Waals surface area contributed by atoms with Crippen LogP contribution in [-0.2, 0) is 0 Å². The summed E-state index contributed by atoms with van der Waals surface area (Å²) in [6, 6.07) is 13.3. The van der Waals surface area contributed by atoms with Gasteiger partial charge in [0.1, 0.15) is 0 Å². The number of carbonyl (C=O) groups is 4.